The molecule has 4 rings (SSSR count). The summed E-state index contributed by atoms with van der Waals surface area (Å²) in [5.74, 6) is -0.924. The number of fused-ring (bicyclic) bond motifs is 2. The molecule has 59 heavy (non-hydrogen) atoms. The Bertz CT molecular complexity index is 1510. The van der Waals surface area contributed by atoms with E-state index in [0.29, 0.717) is 43.2 Å². The minimum absolute atomic E-state index is 0.0318. The highest BCUT2D eigenvalue weighted by Gasteiger charge is 2.65. The molecule has 1 fully saturated rings. The number of carbonyl (C=O) groups is 2. The molecule has 13 heteroatoms. The average Bonchev–Trinajstić information content (AvgIpc) is 3.24. The second-order valence-electron chi connectivity index (χ2n) is 16.1. The maximum absolute atomic E-state index is 13.6. The second-order valence-corrected chi connectivity index (χ2v) is 16.5. The minimum Gasteiger partial charge on any atom is -0.459 e. The van der Waals surface area contributed by atoms with Crippen LogP contribution in [0.1, 0.15) is 134 Å². The molecule has 3 aliphatic rings. The number of alkyl halides is 1. The van der Waals surface area contributed by atoms with Crippen LogP contribution in [0.15, 0.2) is 47.7 Å². The van der Waals surface area contributed by atoms with Gasteiger partial charge in [0.05, 0.1) is 24.1 Å². The van der Waals surface area contributed by atoms with Crippen molar-refractivity contribution in [3.8, 4) is 11.5 Å². The molecule has 0 spiro atoms. The van der Waals surface area contributed by atoms with E-state index in [4.69, 9.17) is 35.4 Å². The SMILES string of the molecule is C=CCOC12Oc3ccc(OC(=O)NCCCCCCCCCCCC)cc3C3C(CCCCO)C(CCCCO)C=C(C(=NOCC)CC1N(C)C(=O)OCCCl)C32. The van der Waals surface area contributed by atoms with Crippen molar-refractivity contribution in [2.75, 3.05) is 52.5 Å². The number of allylic oxidation sites excluding steroid dienone is 1. The fourth-order valence-corrected chi connectivity index (χ4v) is 9.31. The lowest BCUT2D eigenvalue weighted by Crippen LogP contribution is -2.69. The summed E-state index contributed by atoms with van der Waals surface area (Å²) in [7, 11) is 1.67. The zero-order valence-corrected chi connectivity index (χ0v) is 36.7. The highest BCUT2D eigenvalue weighted by Crippen LogP contribution is 2.61. The standard InChI is InChI=1S/C46H72ClN3O9/c1-5-8-9-10-11-12-13-14-15-18-26-48-44(53)58-35-23-24-40-38(32-35)42-36(22-17-20-28-52)34(21-16-19-27-51)31-37-39(49-57-7-3)33-41(50(4)45(54)55-30-25-47)46(59-40,43(37)42)56-29-6-2/h6,23-24,31-32,34,36,41-43,51-52H,2,5,7-22,25-30,33H2,1,3-4H3,(H,48,53). The maximum Gasteiger partial charge on any atom is 0.412 e. The smallest absolute Gasteiger partial charge is 0.412 e. The van der Waals surface area contributed by atoms with Crippen LogP contribution in [0.25, 0.3) is 0 Å². The van der Waals surface area contributed by atoms with E-state index >= 15 is 0 Å². The highest BCUT2D eigenvalue weighted by molar-refractivity contribution is 6.18. The number of halogens is 1. The molecular formula is C46H72ClN3O9. The number of aliphatic hydroxyl groups excluding tert-OH is 2. The number of ether oxygens (including phenoxy) is 4. The van der Waals surface area contributed by atoms with Gasteiger partial charge in [-0.1, -0.05) is 94.9 Å². The molecule has 6 atom stereocenters. The first-order valence-electron chi connectivity index (χ1n) is 22.4. The van der Waals surface area contributed by atoms with Crippen molar-refractivity contribution in [1.82, 2.24) is 10.2 Å². The summed E-state index contributed by atoms with van der Waals surface area (Å²) >= 11 is 5.92. The van der Waals surface area contributed by atoms with Gasteiger partial charge < -0.3 is 44.2 Å². The Morgan fingerprint density at radius 2 is 1.69 bits per heavy atom. The largest absolute Gasteiger partial charge is 0.459 e. The summed E-state index contributed by atoms with van der Waals surface area (Å²) < 4.78 is 25.4. The number of nitrogens with zero attached hydrogens (tertiary/aromatic N) is 2. The molecule has 1 heterocycles. The van der Waals surface area contributed by atoms with Gasteiger partial charge in [0, 0.05) is 44.7 Å². The lowest BCUT2D eigenvalue weighted by atomic mass is 9.55. The fourth-order valence-electron chi connectivity index (χ4n) is 9.23. The van der Waals surface area contributed by atoms with Gasteiger partial charge in [0.15, 0.2) is 0 Å². The van der Waals surface area contributed by atoms with E-state index in [9.17, 15) is 19.8 Å². The Kier molecular flexibility index (Phi) is 21.4. The van der Waals surface area contributed by atoms with Gasteiger partial charge in [-0.15, -0.1) is 18.2 Å². The van der Waals surface area contributed by atoms with Crippen LogP contribution in [-0.2, 0) is 14.3 Å². The van der Waals surface area contributed by atoms with Crippen LogP contribution < -0.4 is 14.8 Å². The van der Waals surface area contributed by atoms with Gasteiger partial charge in [0.2, 0.25) is 5.79 Å². The van der Waals surface area contributed by atoms with E-state index in [1.54, 1.807) is 19.2 Å². The number of aliphatic hydroxyl groups is 2. The van der Waals surface area contributed by atoms with E-state index in [1.807, 2.05) is 19.1 Å². The summed E-state index contributed by atoms with van der Waals surface area (Å²) in [6.45, 7) is 9.32. The normalized spacial score (nSPS) is 23.7. The molecule has 1 aromatic rings. The highest BCUT2D eigenvalue weighted by atomic mass is 35.5. The van der Waals surface area contributed by atoms with Crippen LogP contribution >= 0.6 is 11.6 Å². The third kappa shape index (κ3) is 13.3. The predicted octanol–water partition coefficient (Wildman–Crippen LogP) is 9.66. The molecular weight excluding hydrogens is 774 g/mol. The van der Waals surface area contributed by atoms with Crippen LogP contribution in [0.3, 0.4) is 0 Å². The molecule has 6 unspecified atom stereocenters. The van der Waals surface area contributed by atoms with Gasteiger partial charge in [0.25, 0.3) is 0 Å². The van der Waals surface area contributed by atoms with Gasteiger partial charge >= 0.3 is 12.2 Å². The predicted molar refractivity (Wildman–Crippen MR) is 232 cm³/mol. The Labute approximate surface area is 358 Å². The molecule has 0 radical (unpaired) electrons. The van der Waals surface area contributed by atoms with Crippen molar-refractivity contribution in [2.24, 2.45) is 22.9 Å². The topological polar surface area (TPSA) is 148 Å². The van der Waals surface area contributed by atoms with Gasteiger partial charge in [-0.2, -0.15) is 0 Å². The lowest BCUT2D eigenvalue weighted by molar-refractivity contribution is -0.253. The number of carbonyl (C=O) groups excluding carboxylic acids is 2. The first-order chi connectivity index (χ1) is 28.8. The average molecular weight is 847 g/mol. The molecule has 1 aliphatic heterocycles. The van der Waals surface area contributed by atoms with Gasteiger partial charge in [-0.25, -0.2) is 9.59 Å². The summed E-state index contributed by atoms with van der Waals surface area (Å²) in [5.41, 5.74) is 2.47. The number of unbranched alkanes of at least 4 members (excludes halogenated alkanes) is 11. The van der Waals surface area contributed by atoms with Gasteiger partial charge in [-0.3, -0.25) is 0 Å². The molecule has 0 saturated heterocycles. The zero-order chi connectivity index (χ0) is 42.5. The van der Waals surface area contributed by atoms with E-state index < -0.39 is 29.9 Å². The fraction of sp³-hybridized carbons (Fsp3) is 0.717. The molecule has 2 amide bonds. The summed E-state index contributed by atoms with van der Waals surface area (Å²) in [5, 5.41) is 27.2. The summed E-state index contributed by atoms with van der Waals surface area (Å²) in [6, 6.07) is 4.76. The molecule has 332 valence electrons. The Morgan fingerprint density at radius 1 is 1.00 bits per heavy atom. The first-order valence-corrected chi connectivity index (χ1v) is 22.9. The molecule has 12 nitrogen and oxygen atoms in total. The number of rotatable bonds is 28. The number of hydrogen-bond donors (Lipinski definition) is 3. The molecule has 1 saturated carbocycles. The van der Waals surface area contributed by atoms with Crippen molar-refractivity contribution < 1.29 is 43.6 Å². The van der Waals surface area contributed by atoms with Crippen molar-refractivity contribution in [3.05, 3.63) is 48.1 Å². The second kappa shape index (κ2) is 26.1. The summed E-state index contributed by atoms with van der Waals surface area (Å²) in [6.07, 6.45) is 19.8. The Balaban J connectivity index is 1.71. The maximum atomic E-state index is 13.6. The molecule has 0 aromatic heterocycles. The van der Waals surface area contributed by atoms with Crippen LogP contribution in [-0.4, -0.2) is 97.3 Å². The van der Waals surface area contributed by atoms with Gasteiger partial charge in [-0.05, 0) is 74.6 Å². The number of nitrogens with one attached hydrogen (secondary N) is 1. The van der Waals surface area contributed by atoms with Crippen LogP contribution in [0.4, 0.5) is 9.59 Å². The third-order valence-corrected chi connectivity index (χ3v) is 12.2. The van der Waals surface area contributed by atoms with Crippen molar-refractivity contribution >= 4 is 29.5 Å². The van der Waals surface area contributed by atoms with E-state index in [0.717, 1.165) is 56.1 Å². The lowest BCUT2D eigenvalue weighted by Gasteiger charge is -2.59. The number of likely N-dealkylation sites (N-methyl/N-ethyl adjacent to an activating group) is 1. The Morgan fingerprint density at radius 3 is 2.36 bits per heavy atom. The third-order valence-electron chi connectivity index (χ3n) is 12.0. The zero-order valence-electron chi connectivity index (χ0n) is 36.0. The number of benzene rings is 1. The number of amides is 2. The summed E-state index contributed by atoms with van der Waals surface area (Å²) in [4.78, 5) is 34.0. The van der Waals surface area contributed by atoms with Crippen molar-refractivity contribution in [2.45, 2.75) is 141 Å². The van der Waals surface area contributed by atoms with E-state index in [1.165, 1.54) is 49.8 Å². The number of hydrogen-bond acceptors (Lipinski definition) is 10. The number of oxime groups is 1. The van der Waals surface area contributed by atoms with Crippen molar-refractivity contribution in [1.29, 1.82) is 0 Å². The first kappa shape index (κ1) is 48.3. The minimum atomic E-state index is -1.41. The molecule has 2 aliphatic carbocycles. The molecule has 3 N–H and O–H groups in total. The van der Waals surface area contributed by atoms with E-state index in [2.05, 4.69) is 30.1 Å². The van der Waals surface area contributed by atoms with Crippen molar-refractivity contribution in [3.63, 3.8) is 0 Å². The molecule has 1 aromatic carbocycles. The monoisotopic (exact) mass is 845 g/mol. The van der Waals surface area contributed by atoms with Crippen LogP contribution in [0, 0.1) is 17.8 Å². The van der Waals surface area contributed by atoms with E-state index in [-0.39, 0.29) is 56.5 Å². The van der Waals surface area contributed by atoms with Crippen LogP contribution in [0.5, 0.6) is 11.5 Å². The molecule has 0 bridgehead atoms. The Hall–Kier alpha value is -3.32. The van der Waals surface area contributed by atoms with Gasteiger partial charge in [0.1, 0.15) is 30.8 Å². The quantitative estimate of drug-likeness (QED) is 0.0325. The van der Waals surface area contributed by atoms with Crippen LogP contribution in [0.2, 0.25) is 0 Å².